The maximum atomic E-state index is 3.85. The molecule has 1 heterocycles. The molecule has 1 aliphatic heterocycles. The lowest BCUT2D eigenvalue weighted by Gasteiger charge is -2.36. The van der Waals surface area contributed by atoms with Gasteiger partial charge in [-0.15, -0.1) is 0 Å². The molecule has 0 aromatic carbocycles. The second-order valence-corrected chi connectivity index (χ2v) is 3.59. The van der Waals surface area contributed by atoms with Crippen molar-refractivity contribution in [2.24, 2.45) is 0 Å². The molecule has 1 radical (unpaired) electrons. The highest BCUT2D eigenvalue weighted by molar-refractivity contribution is 4.74. The van der Waals surface area contributed by atoms with Crippen molar-refractivity contribution in [2.45, 2.75) is 45.1 Å². The van der Waals surface area contributed by atoms with Gasteiger partial charge in [0.15, 0.2) is 0 Å². The van der Waals surface area contributed by atoms with Crippen molar-refractivity contribution in [1.82, 2.24) is 4.90 Å². The molecule has 1 unspecified atom stereocenters. The van der Waals surface area contributed by atoms with Crippen LogP contribution in [0.2, 0.25) is 0 Å². The van der Waals surface area contributed by atoms with E-state index in [0.717, 1.165) is 12.5 Å². The van der Waals surface area contributed by atoms with Crippen LogP contribution in [-0.4, -0.2) is 24.0 Å². The first-order valence-electron chi connectivity index (χ1n) is 4.88. The number of hydrogen-bond acceptors (Lipinski definition) is 1. The average Bonchev–Trinajstić information content (AvgIpc) is 1.84. The topological polar surface area (TPSA) is 3.24 Å². The molecule has 0 N–H and O–H groups in total. The summed E-state index contributed by atoms with van der Waals surface area (Å²) in [5.41, 5.74) is 0. The summed E-state index contributed by atoms with van der Waals surface area (Å²) in [7, 11) is 0. The summed E-state index contributed by atoms with van der Waals surface area (Å²) < 4.78 is 0. The lowest BCUT2D eigenvalue weighted by Crippen LogP contribution is -2.43. The Balaban J connectivity index is 1.96. The van der Waals surface area contributed by atoms with Crippen molar-refractivity contribution < 1.29 is 0 Å². The van der Waals surface area contributed by atoms with Gasteiger partial charge in [-0.05, 0) is 32.9 Å². The van der Waals surface area contributed by atoms with E-state index in [-0.39, 0.29) is 0 Å². The van der Waals surface area contributed by atoms with E-state index in [1.165, 1.54) is 38.8 Å². The minimum absolute atomic E-state index is 0.829. The molecule has 0 spiro atoms. The van der Waals surface area contributed by atoms with Crippen molar-refractivity contribution in [1.29, 1.82) is 0 Å². The zero-order chi connectivity index (χ0) is 8.10. The molecule has 1 fully saturated rings. The molecule has 0 bridgehead atoms. The Bertz CT molecular complexity index is 97.0. The molecular weight excluding hydrogens is 134 g/mol. The van der Waals surface area contributed by atoms with Gasteiger partial charge in [0.05, 0.1) is 0 Å². The predicted octanol–water partition coefficient (Wildman–Crippen LogP) is 2.48. The van der Waals surface area contributed by atoms with Gasteiger partial charge < -0.3 is 4.90 Å². The van der Waals surface area contributed by atoms with Crippen molar-refractivity contribution >= 4 is 0 Å². The maximum Gasteiger partial charge on any atom is 0.00669 e. The summed E-state index contributed by atoms with van der Waals surface area (Å²) >= 11 is 0. The molecule has 0 saturated carbocycles. The number of nitrogens with zero attached hydrogens (tertiary/aromatic N) is 1. The highest BCUT2D eigenvalue weighted by atomic mass is 15.2. The van der Waals surface area contributed by atoms with Crippen LogP contribution in [0.5, 0.6) is 0 Å². The van der Waals surface area contributed by atoms with Crippen molar-refractivity contribution in [3.8, 4) is 0 Å². The minimum atomic E-state index is 0.829. The number of rotatable bonds is 5. The van der Waals surface area contributed by atoms with Gasteiger partial charge in [0, 0.05) is 6.04 Å². The highest BCUT2D eigenvalue weighted by Crippen LogP contribution is 2.15. The Labute approximate surface area is 70.8 Å². The van der Waals surface area contributed by atoms with Crippen LogP contribution in [0.4, 0.5) is 0 Å². The van der Waals surface area contributed by atoms with Crippen LogP contribution < -0.4 is 0 Å². The second kappa shape index (κ2) is 4.76. The molecule has 0 amide bonds. The molecule has 1 rings (SSSR count). The van der Waals surface area contributed by atoms with Gasteiger partial charge in [-0.1, -0.05) is 26.2 Å². The lowest BCUT2D eigenvalue weighted by molar-refractivity contribution is 0.120. The van der Waals surface area contributed by atoms with E-state index in [2.05, 4.69) is 18.7 Å². The minimum Gasteiger partial charge on any atom is -0.301 e. The third-order valence-corrected chi connectivity index (χ3v) is 2.64. The SMILES string of the molecule is [CH2]CCCCC(C)N1CCC1. The number of unbranched alkanes of at least 4 members (excludes halogenated alkanes) is 2. The first-order chi connectivity index (χ1) is 5.34. The van der Waals surface area contributed by atoms with E-state index in [4.69, 9.17) is 0 Å². The molecule has 0 aromatic heterocycles. The monoisotopic (exact) mass is 154 g/mol. The smallest absolute Gasteiger partial charge is 0.00669 e. The quantitative estimate of drug-likeness (QED) is 0.550. The van der Waals surface area contributed by atoms with Crippen LogP contribution in [0.25, 0.3) is 0 Å². The number of likely N-dealkylation sites (tertiary alicyclic amines) is 1. The van der Waals surface area contributed by atoms with E-state index in [9.17, 15) is 0 Å². The van der Waals surface area contributed by atoms with Crippen LogP contribution in [0.1, 0.15) is 39.0 Å². The summed E-state index contributed by atoms with van der Waals surface area (Å²) in [6.45, 7) is 8.88. The summed E-state index contributed by atoms with van der Waals surface area (Å²) in [6, 6.07) is 0.829. The lowest BCUT2D eigenvalue weighted by atomic mass is 10.1. The van der Waals surface area contributed by atoms with Gasteiger partial charge >= 0.3 is 0 Å². The zero-order valence-corrected chi connectivity index (χ0v) is 7.68. The van der Waals surface area contributed by atoms with Crippen LogP contribution in [0.3, 0.4) is 0 Å². The molecular formula is C10H20N. The molecule has 65 valence electrons. The van der Waals surface area contributed by atoms with Crippen LogP contribution in [0.15, 0.2) is 0 Å². The fraction of sp³-hybridized carbons (Fsp3) is 0.900. The maximum absolute atomic E-state index is 3.85. The first-order valence-corrected chi connectivity index (χ1v) is 4.88. The van der Waals surface area contributed by atoms with E-state index in [1.54, 1.807) is 0 Å². The van der Waals surface area contributed by atoms with Gasteiger partial charge in [0.2, 0.25) is 0 Å². The summed E-state index contributed by atoms with van der Waals surface area (Å²) in [5.74, 6) is 0. The standard InChI is InChI=1S/C10H20N/c1-3-4-5-7-10(2)11-8-6-9-11/h10H,1,3-9H2,2H3. The van der Waals surface area contributed by atoms with Crippen LogP contribution in [-0.2, 0) is 0 Å². The van der Waals surface area contributed by atoms with Crippen molar-refractivity contribution in [2.75, 3.05) is 13.1 Å². The third kappa shape index (κ3) is 2.82. The Morgan fingerprint density at radius 1 is 1.36 bits per heavy atom. The van der Waals surface area contributed by atoms with E-state index < -0.39 is 0 Å². The Morgan fingerprint density at radius 2 is 2.09 bits per heavy atom. The van der Waals surface area contributed by atoms with Gasteiger partial charge in [0.25, 0.3) is 0 Å². The predicted molar refractivity (Wildman–Crippen MR) is 49.5 cm³/mol. The molecule has 1 heteroatoms. The van der Waals surface area contributed by atoms with E-state index >= 15 is 0 Å². The average molecular weight is 154 g/mol. The van der Waals surface area contributed by atoms with Crippen molar-refractivity contribution in [3.05, 3.63) is 6.92 Å². The van der Waals surface area contributed by atoms with Gasteiger partial charge in [-0.3, -0.25) is 0 Å². The van der Waals surface area contributed by atoms with Gasteiger partial charge in [-0.25, -0.2) is 0 Å². The fourth-order valence-corrected chi connectivity index (χ4v) is 1.58. The molecule has 1 atom stereocenters. The van der Waals surface area contributed by atoms with Crippen LogP contribution >= 0.6 is 0 Å². The molecule has 1 aliphatic rings. The normalized spacial score (nSPS) is 21.3. The van der Waals surface area contributed by atoms with Gasteiger partial charge in [0.1, 0.15) is 0 Å². The first kappa shape index (κ1) is 9.05. The summed E-state index contributed by atoms with van der Waals surface area (Å²) in [6.07, 6.45) is 6.56. The van der Waals surface area contributed by atoms with E-state index in [0.29, 0.717) is 0 Å². The largest absolute Gasteiger partial charge is 0.301 e. The Hall–Kier alpha value is -0.0400. The molecule has 0 aromatic rings. The molecule has 0 aliphatic carbocycles. The second-order valence-electron chi connectivity index (χ2n) is 3.59. The Morgan fingerprint density at radius 3 is 2.55 bits per heavy atom. The highest BCUT2D eigenvalue weighted by Gasteiger charge is 2.18. The summed E-state index contributed by atoms with van der Waals surface area (Å²) in [4.78, 5) is 2.57. The molecule has 11 heavy (non-hydrogen) atoms. The van der Waals surface area contributed by atoms with Crippen molar-refractivity contribution in [3.63, 3.8) is 0 Å². The fourth-order valence-electron chi connectivity index (χ4n) is 1.58. The van der Waals surface area contributed by atoms with Gasteiger partial charge in [-0.2, -0.15) is 0 Å². The number of hydrogen-bond donors (Lipinski definition) is 0. The summed E-state index contributed by atoms with van der Waals surface area (Å²) in [5, 5.41) is 0. The molecule has 1 nitrogen and oxygen atoms in total. The zero-order valence-electron chi connectivity index (χ0n) is 7.68. The Kier molecular flexibility index (Phi) is 3.92. The van der Waals surface area contributed by atoms with Crippen LogP contribution in [0, 0.1) is 6.92 Å². The van der Waals surface area contributed by atoms with E-state index in [1.807, 2.05) is 0 Å². The molecule has 1 saturated heterocycles. The third-order valence-electron chi connectivity index (χ3n) is 2.64.